The molecule has 0 N–H and O–H groups in total. The average molecular weight is 364 g/mol. The van der Waals surface area contributed by atoms with Crippen molar-refractivity contribution in [2.75, 3.05) is 0 Å². The van der Waals surface area contributed by atoms with Gasteiger partial charge in [0.05, 0.1) is 11.2 Å². The fraction of sp³-hybridized carbons (Fsp3) is 0.154. The van der Waals surface area contributed by atoms with Crippen molar-refractivity contribution in [2.24, 2.45) is 0 Å². The predicted octanol–water partition coefficient (Wildman–Crippen LogP) is 6.76. The van der Waals surface area contributed by atoms with Crippen LogP contribution in [-0.2, 0) is 5.41 Å². The van der Waals surface area contributed by atoms with Crippen LogP contribution in [0.15, 0.2) is 78.9 Å². The molecule has 1 aromatic heterocycles. The quantitative estimate of drug-likeness (QED) is 0.401. The Hall–Kier alpha value is -3.26. The van der Waals surface area contributed by atoms with Gasteiger partial charge >= 0.3 is 0 Å². The summed E-state index contributed by atoms with van der Waals surface area (Å²) >= 11 is 0. The van der Waals surface area contributed by atoms with Gasteiger partial charge in [-0.1, -0.05) is 99.6 Å². The molecular weight excluding hydrogens is 340 g/mol. The summed E-state index contributed by atoms with van der Waals surface area (Å²) in [6.45, 7) is 6.70. The van der Waals surface area contributed by atoms with Crippen molar-refractivity contribution in [1.29, 1.82) is 0 Å². The largest absolute Gasteiger partial charge is 0.228 e. The highest BCUT2D eigenvalue weighted by molar-refractivity contribution is 5.90. The Morgan fingerprint density at radius 2 is 1.36 bits per heavy atom. The number of fused-ring (bicyclic) bond motifs is 1. The Kier molecular flexibility index (Phi) is 4.79. The molecule has 138 valence electrons. The van der Waals surface area contributed by atoms with E-state index in [2.05, 4.69) is 63.3 Å². The predicted molar refractivity (Wildman–Crippen MR) is 119 cm³/mol. The average Bonchev–Trinajstić information content (AvgIpc) is 2.72. The fourth-order valence-electron chi connectivity index (χ4n) is 3.21. The lowest BCUT2D eigenvalue weighted by Crippen LogP contribution is -2.10. The summed E-state index contributed by atoms with van der Waals surface area (Å²) in [5, 5.41) is 1.06. The topological polar surface area (TPSA) is 25.8 Å². The van der Waals surface area contributed by atoms with Gasteiger partial charge in [-0.25, -0.2) is 9.97 Å². The molecule has 3 aromatic carbocycles. The van der Waals surface area contributed by atoms with Gasteiger partial charge in [0.1, 0.15) is 0 Å². The van der Waals surface area contributed by atoms with E-state index in [1.54, 1.807) is 0 Å². The molecule has 0 saturated carbocycles. The van der Waals surface area contributed by atoms with Gasteiger partial charge in [0.25, 0.3) is 0 Å². The van der Waals surface area contributed by atoms with E-state index < -0.39 is 0 Å². The highest BCUT2D eigenvalue weighted by Crippen LogP contribution is 2.25. The maximum atomic E-state index is 4.85. The molecule has 0 bridgehead atoms. The normalized spacial score (nSPS) is 12.0. The van der Waals surface area contributed by atoms with E-state index in [9.17, 15) is 0 Å². The molecule has 0 saturated heterocycles. The number of hydrogen-bond donors (Lipinski definition) is 0. The Morgan fingerprint density at radius 1 is 0.679 bits per heavy atom. The van der Waals surface area contributed by atoms with Crippen LogP contribution in [0.5, 0.6) is 0 Å². The Bertz CT molecular complexity index is 1120. The van der Waals surface area contributed by atoms with Crippen molar-refractivity contribution in [3.63, 3.8) is 0 Å². The highest BCUT2D eigenvalue weighted by Gasteiger charge is 2.12. The Labute approximate surface area is 166 Å². The van der Waals surface area contributed by atoms with Crippen LogP contribution in [0, 0.1) is 0 Å². The van der Waals surface area contributed by atoms with Crippen molar-refractivity contribution in [3.8, 4) is 11.4 Å². The molecule has 2 heteroatoms. The number of para-hydroxylation sites is 1. The summed E-state index contributed by atoms with van der Waals surface area (Å²) in [4.78, 5) is 9.60. The third-order valence-corrected chi connectivity index (χ3v) is 4.88. The molecule has 0 spiro atoms. The molecule has 2 nitrogen and oxygen atoms in total. The summed E-state index contributed by atoms with van der Waals surface area (Å²) in [7, 11) is 0. The summed E-state index contributed by atoms with van der Waals surface area (Å²) < 4.78 is 0. The molecule has 4 aromatic rings. The zero-order valence-electron chi connectivity index (χ0n) is 16.6. The minimum atomic E-state index is 0.162. The monoisotopic (exact) mass is 364 g/mol. The number of nitrogens with zero attached hydrogens (tertiary/aromatic N) is 2. The number of aromatic nitrogens is 2. The van der Waals surface area contributed by atoms with Crippen LogP contribution < -0.4 is 0 Å². The van der Waals surface area contributed by atoms with Gasteiger partial charge in [0.15, 0.2) is 5.82 Å². The third kappa shape index (κ3) is 3.86. The second-order valence-electron chi connectivity index (χ2n) is 8.02. The van der Waals surface area contributed by atoms with Gasteiger partial charge in [-0.2, -0.15) is 0 Å². The molecule has 0 amide bonds. The smallest absolute Gasteiger partial charge is 0.160 e. The molecule has 0 radical (unpaired) electrons. The second-order valence-corrected chi connectivity index (χ2v) is 8.02. The van der Waals surface area contributed by atoms with Gasteiger partial charge in [-0.15, -0.1) is 0 Å². The van der Waals surface area contributed by atoms with E-state index in [0.717, 1.165) is 33.5 Å². The number of hydrogen-bond acceptors (Lipinski definition) is 2. The van der Waals surface area contributed by atoms with E-state index in [1.807, 2.05) is 48.5 Å². The Morgan fingerprint density at radius 3 is 2.07 bits per heavy atom. The lowest BCUT2D eigenvalue weighted by Gasteiger charge is -2.18. The molecule has 0 fully saturated rings. The zero-order chi connectivity index (χ0) is 19.6. The molecule has 4 rings (SSSR count). The first-order valence-electron chi connectivity index (χ1n) is 9.61. The van der Waals surface area contributed by atoms with Crippen molar-refractivity contribution in [3.05, 3.63) is 95.7 Å². The van der Waals surface area contributed by atoms with E-state index in [0.29, 0.717) is 0 Å². The molecule has 0 atom stereocenters. The van der Waals surface area contributed by atoms with E-state index >= 15 is 0 Å². The van der Waals surface area contributed by atoms with Crippen LogP contribution in [0.4, 0.5) is 0 Å². The van der Waals surface area contributed by atoms with Gasteiger partial charge in [-0.05, 0) is 28.7 Å². The van der Waals surface area contributed by atoms with Crippen LogP contribution in [0.2, 0.25) is 0 Å². The zero-order valence-corrected chi connectivity index (χ0v) is 16.6. The van der Waals surface area contributed by atoms with E-state index in [1.165, 1.54) is 5.56 Å². The van der Waals surface area contributed by atoms with Gasteiger partial charge in [0, 0.05) is 10.9 Å². The maximum absolute atomic E-state index is 4.85. The van der Waals surface area contributed by atoms with Gasteiger partial charge in [0.2, 0.25) is 0 Å². The van der Waals surface area contributed by atoms with Crippen LogP contribution in [0.1, 0.15) is 37.6 Å². The molecule has 0 unspecified atom stereocenters. The van der Waals surface area contributed by atoms with Crippen molar-refractivity contribution in [2.45, 2.75) is 26.2 Å². The maximum Gasteiger partial charge on any atom is 0.160 e. The Balaban J connectivity index is 1.74. The molecule has 0 aliphatic heterocycles. The number of rotatable bonds is 3. The molecule has 0 aliphatic rings. The first-order valence-corrected chi connectivity index (χ1v) is 9.61. The summed E-state index contributed by atoms with van der Waals surface area (Å²) in [5.74, 6) is 0.752. The fourth-order valence-corrected chi connectivity index (χ4v) is 3.21. The SMILES string of the molecule is CC(C)(C)c1ccc(/C=C/c2nc(-c3ccccc3)nc3ccccc23)cc1. The summed E-state index contributed by atoms with van der Waals surface area (Å²) in [6.07, 6.45) is 4.21. The van der Waals surface area contributed by atoms with Crippen molar-refractivity contribution >= 4 is 23.1 Å². The minimum absolute atomic E-state index is 0.162. The van der Waals surface area contributed by atoms with Crippen LogP contribution >= 0.6 is 0 Å². The van der Waals surface area contributed by atoms with Gasteiger partial charge < -0.3 is 0 Å². The summed E-state index contributed by atoms with van der Waals surface area (Å²) in [5.41, 5.74) is 5.58. The standard InChI is InChI=1S/C26H24N2/c1-26(2,3)21-16-13-19(14-17-21)15-18-24-22-11-7-8-12-23(22)27-25(28-24)20-9-5-4-6-10-20/h4-18H,1-3H3/b18-15+. The van der Waals surface area contributed by atoms with E-state index in [4.69, 9.17) is 9.97 Å². The van der Waals surface area contributed by atoms with Crippen LogP contribution in [-0.4, -0.2) is 9.97 Å². The van der Waals surface area contributed by atoms with Gasteiger partial charge in [-0.3, -0.25) is 0 Å². The molecular formula is C26H24N2. The highest BCUT2D eigenvalue weighted by atomic mass is 14.9. The molecule has 0 aliphatic carbocycles. The van der Waals surface area contributed by atoms with Crippen molar-refractivity contribution < 1.29 is 0 Å². The van der Waals surface area contributed by atoms with Crippen LogP contribution in [0.3, 0.4) is 0 Å². The second kappa shape index (κ2) is 7.40. The lowest BCUT2D eigenvalue weighted by molar-refractivity contribution is 0.590. The first-order chi connectivity index (χ1) is 13.5. The first kappa shape index (κ1) is 18.1. The van der Waals surface area contributed by atoms with Crippen LogP contribution in [0.25, 0.3) is 34.4 Å². The molecule has 28 heavy (non-hydrogen) atoms. The number of benzene rings is 3. The summed E-state index contributed by atoms with van der Waals surface area (Å²) in [6, 6.07) is 27.0. The lowest BCUT2D eigenvalue weighted by atomic mass is 9.87. The van der Waals surface area contributed by atoms with Crippen molar-refractivity contribution in [1.82, 2.24) is 9.97 Å². The molecule has 1 heterocycles. The van der Waals surface area contributed by atoms with E-state index in [-0.39, 0.29) is 5.41 Å². The minimum Gasteiger partial charge on any atom is -0.228 e. The third-order valence-electron chi connectivity index (χ3n) is 4.88.